The van der Waals surface area contributed by atoms with Crippen molar-refractivity contribution in [3.63, 3.8) is 0 Å². The number of anilines is 2. The minimum absolute atomic E-state index is 0.0142. The van der Waals surface area contributed by atoms with E-state index in [1.807, 2.05) is 0 Å². The minimum Gasteiger partial charge on any atom is -0.467 e. The second-order valence-electron chi connectivity index (χ2n) is 5.58. The summed E-state index contributed by atoms with van der Waals surface area (Å²) in [7, 11) is 0. The molecule has 0 saturated carbocycles. The van der Waals surface area contributed by atoms with Crippen molar-refractivity contribution >= 4 is 17.2 Å². The number of hydrogen-bond acceptors (Lipinski definition) is 5. The Kier molecular flexibility index (Phi) is 3.97. The average molecular weight is 383 g/mol. The number of ether oxygens (including phenoxy) is 2. The Balaban J connectivity index is 1.79. The maximum absolute atomic E-state index is 13.1. The van der Waals surface area contributed by atoms with Gasteiger partial charge >= 0.3 is 12.8 Å². The molecule has 0 bridgehead atoms. The molecule has 2 aliphatic heterocycles. The topological polar surface area (TPSA) is 47.0 Å². The molecule has 0 amide bonds. The smallest absolute Gasteiger partial charge is 0.433 e. The zero-order valence-electron chi connectivity index (χ0n) is 13.4. The van der Waals surface area contributed by atoms with Crippen LogP contribution in [0.1, 0.15) is 11.3 Å². The van der Waals surface area contributed by atoms with E-state index in [1.54, 1.807) is 0 Å². The lowest BCUT2D eigenvalue weighted by atomic mass is 10.0. The first-order chi connectivity index (χ1) is 12.8. The van der Waals surface area contributed by atoms with E-state index in [-0.39, 0.29) is 18.3 Å². The van der Waals surface area contributed by atoms with E-state index in [0.29, 0.717) is 22.7 Å². The van der Waals surface area contributed by atoms with Crippen LogP contribution in [0.3, 0.4) is 0 Å². The summed E-state index contributed by atoms with van der Waals surface area (Å²) in [6.45, 7) is -2.92. The van der Waals surface area contributed by atoms with E-state index < -0.39 is 18.5 Å². The Morgan fingerprint density at radius 3 is 2.48 bits per heavy atom. The molecule has 140 valence electrons. The third-order valence-corrected chi connectivity index (χ3v) is 3.91. The number of fused-ring (bicyclic) bond motifs is 3. The van der Waals surface area contributed by atoms with Gasteiger partial charge in [-0.3, -0.25) is 4.90 Å². The number of pyridine rings is 1. The number of allylic oxidation sites excluding steroid dienone is 1. The van der Waals surface area contributed by atoms with Gasteiger partial charge in [0.05, 0.1) is 6.20 Å². The Morgan fingerprint density at radius 1 is 1.07 bits per heavy atom. The molecule has 0 N–H and O–H groups in total. The van der Waals surface area contributed by atoms with Crippen LogP contribution in [0, 0.1) is 0 Å². The summed E-state index contributed by atoms with van der Waals surface area (Å²) in [6, 6.07) is 7.58. The van der Waals surface area contributed by atoms with Crippen LogP contribution in [0.25, 0.3) is 0 Å². The van der Waals surface area contributed by atoms with E-state index in [4.69, 9.17) is 4.74 Å². The van der Waals surface area contributed by atoms with Gasteiger partial charge in [-0.1, -0.05) is 0 Å². The highest BCUT2D eigenvalue weighted by molar-refractivity contribution is 6.17. The van der Waals surface area contributed by atoms with Crippen LogP contribution in [0.4, 0.5) is 33.5 Å². The number of aliphatic imine (C=N–C) groups is 1. The minimum atomic E-state index is -4.62. The molecule has 3 heterocycles. The van der Waals surface area contributed by atoms with Crippen molar-refractivity contribution in [2.24, 2.45) is 4.99 Å². The molecule has 0 atom stereocenters. The van der Waals surface area contributed by atoms with Crippen molar-refractivity contribution in [1.29, 1.82) is 0 Å². The zero-order chi connectivity index (χ0) is 19.2. The van der Waals surface area contributed by atoms with Crippen LogP contribution in [0.15, 0.2) is 53.3 Å². The molecule has 1 aromatic carbocycles. The standard InChI is InChI=1S/C17H10F5N3O2/c18-16(19)27-10-3-1-9(2-4-10)25-7-12-14(23-8-26-12)11-5-6-13(17(20,21)22)24-15(11)25/h1-7,16H,8H2. The molecule has 0 saturated heterocycles. The molecule has 10 heteroatoms. The highest BCUT2D eigenvalue weighted by atomic mass is 19.4. The largest absolute Gasteiger partial charge is 0.467 e. The highest BCUT2D eigenvalue weighted by Crippen LogP contribution is 2.39. The Hall–Kier alpha value is -3.17. The fourth-order valence-electron chi connectivity index (χ4n) is 2.77. The van der Waals surface area contributed by atoms with Gasteiger partial charge in [-0.25, -0.2) is 9.98 Å². The molecule has 0 fully saturated rings. The van der Waals surface area contributed by atoms with Crippen LogP contribution < -0.4 is 9.64 Å². The van der Waals surface area contributed by atoms with Crippen molar-refractivity contribution < 1.29 is 31.4 Å². The first-order valence-electron chi connectivity index (χ1n) is 7.65. The highest BCUT2D eigenvalue weighted by Gasteiger charge is 2.36. The predicted molar refractivity (Wildman–Crippen MR) is 85.0 cm³/mol. The van der Waals surface area contributed by atoms with E-state index in [0.717, 1.165) is 6.07 Å². The molecule has 2 aromatic rings. The van der Waals surface area contributed by atoms with Gasteiger partial charge < -0.3 is 9.47 Å². The van der Waals surface area contributed by atoms with Gasteiger partial charge in [-0.2, -0.15) is 22.0 Å². The van der Waals surface area contributed by atoms with Gasteiger partial charge in [0.1, 0.15) is 23.0 Å². The number of alkyl halides is 5. The number of nitrogens with zero attached hydrogens (tertiary/aromatic N) is 3. The third kappa shape index (κ3) is 3.18. The summed E-state index contributed by atoms with van der Waals surface area (Å²) in [5.41, 5.74) is 0.137. The molecule has 2 aliphatic rings. The van der Waals surface area contributed by atoms with Crippen molar-refractivity contribution in [3.05, 3.63) is 59.6 Å². The van der Waals surface area contributed by atoms with Crippen LogP contribution in [0.5, 0.6) is 5.75 Å². The van der Waals surface area contributed by atoms with Gasteiger partial charge in [0, 0.05) is 11.3 Å². The first kappa shape index (κ1) is 17.3. The van der Waals surface area contributed by atoms with Crippen LogP contribution >= 0.6 is 0 Å². The lowest BCUT2D eigenvalue weighted by molar-refractivity contribution is -0.141. The SMILES string of the molecule is FC(F)Oc1ccc(N2C=C3OCN=C3c3ccc(C(F)(F)F)nc32)cc1. The Morgan fingerprint density at radius 2 is 1.81 bits per heavy atom. The number of benzene rings is 1. The van der Waals surface area contributed by atoms with Gasteiger partial charge in [0.2, 0.25) is 0 Å². The van der Waals surface area contributed by atoms with Gasteiger partial charge in [-0.05, 0) is 36.4 Å². The molecule has 0 radical (unpaired) electrons. The van der Waals surface area contributed by atoms with E-state index >= 15 is 0 Å². The van der Waals surface area contributed by atoms with Crippen molar-refractivity contribution in [2.45, 2.75) is 12.8 Å². The van der Waals surface area contributed by atoms with Crippen molar-refractivity contribution in [1.82, 2.24) is 4.98 Å². The molecular formula is C17H10F5N3O2. The summed E-state index contributed by atoms with van der Waals surface area (Å²) < 4.78 is 73.5. The maximum Gasteiger partial charge on any atom is 0.433 e. The summed E-state index contributed by atoms with van der Waals surface area (Å²) in [5.74, 6) is 0.326. The van der Waals surface area contributed by atoms with Crippen molar-refractivity contribution in [2.75, 3.05) is 11.6 Å². The fraction of sp³-hybridized carbons (Fsp3) is 0.176. The number of halogens is 5. The number of aromatic nitrogens is 1. The molecule has 1 aromatic heterocycles. The van der Waals surface area contributed by atoms with Crippen LogP contribution in [-0.2, 0) is 10.9 Å². The van der Waals surface area contributed by atoms with Crippen LogP contribution in [0.2, 0.25) is 0 Å². The normalized spacial score (nSPS) is 15.7. The second-order valence-corrected chi connectivity index (χ2v) is 5.58. The van der Waals surface area contributed by atoms with E-state index in [1.165, 1.54) is 41.4 Å². The Bertz CT molecular complexity index is 939. The summed E-state index contributed by atoms with van der Waals surface area (Å²) in [4.78, 5) is 9.27. The molecule has 0 aliphatic carbocycles. The van der Waals surface area contributed by atoms with E-state index in [9.17, 15) is 22.0 Å². The number of rotatable bonds is 3. The molecule has 4 rings (SSSR count). The third-order valence-electron chi connectivity index (χ3n) is 3.91. The predicted octanol–water partition coefficient (Wildman–Crippen LogP) is 4.47. The van der Waals surface area contributed by atoms with Gasteiger partial charge in [-0.15, -0.1) is 0 Å². The monoisotopic (exact) mass is 383 g/mol. The Labute approximate surface area is 149 Å². The average Bonchev–Trinajstić information content (AvgIpc) is 3.09. The molecule has 27 heavy (non-hydrogen) atoms. The first-order valence-corrected chi connectivity index (χ1v) is 7.65. The van der Waals surface area contributed by atoms with Crippen molar-refractivity contribution in [3.8, 4) is 5.75 Å². The van der Waals surface area contributed by atoms with Crippen LogP contribution in [-0.4, -0.2) is 24.0 Å². The van der Waals surface area contributed by atoms with Gasteiger partial charge in [0.25, 0.3) is 0 Å². The summed E-state index contributed by atoms with van der Waals surface area (Å²) >= 11 is 0. The molecule has 0 unspecified atom stereocenters. The zero-order valence-corrected chi connectivity index (χ0v) is 13.4. The molecular weight excluding hydrogens is 373 g/mol. The second kappa shape index (κ2) is 6.22. The van der Waals surface area contributed by atoms with E-state index in [2.05, 4.69) is 14.7 Å². The number of hydrogen-bond donors (Lipinski definition) is 0. The quantitative estimate of drug-likeness (QED) is 0.734. The maximum atomic E-state index is 13.1. The summed E-state index contributed by atoms with van der Waals surface area (Å²) in [6.07, 6.45) is -3.15. The molecule has 5 nitrogen and oxygen atoms in total. The molecule has 0 spiro atoms. The van der Waals surface area contributed by atoms with Gasteiger partial charge in [0.15, 0.2) is 12.5 Å². The summed E-state index contributed by atoms with van der Waals surface area (Å²) in [5, 5.41) is 0. The lowest BCUT2D eigenvalue weighted by Gasteiger charge is -2.27. The lowest BCUT2D eigenvalue weighted by Crippen LogP contribution is -2.24. The fourth-order valence-corrected chi connectivity index (χ4v) is 2.77.